The van der Waals surface area contributed by atoms with Crippen LogP contribution in [-0.4, -0.2) is 9.55 Å². The monoisotopic (exact) mass is 245 g/mol. The first-order valence-electron chi connectivity index (χ1n) is 5.57. The highest BCUT2D eigenvalue weighted by Gasteiger charge is 2.10. The Bertz CT molecular complexity index is 586. The number of ether oxygens (including phenoxy) is 1. The Morgan fingerprint density at radius 3 is 3.06 bits per heavy atom. The van der Waals surface area contributed by atoms with Gasteiger partial charge in [0, 0.05) is 18.9 Å². The Morgan fingerprint density at radius 2 is 2.33 bits per heavy atom. The van der Waals surface area contributed by atoms with E-state index in [1.54, 1.807) is 18.3 Å². The third-order valence-corrected chi connectivity index (χ3v) is 2.59. The summed E-state index contributed by atoms with van der Waals surface area (Å²) in [6.07, 6.45) is 3.52. The third-order valence-electron chi connectivity index (χ3n) is 2.59. The smallest absolute Gasteiger partial charge is 0.146 e. The molecule has 2 rings (SSSR count). The first-order chi connectivity index (χ1) is 8.76. The Hall–Kier alpha value is -2.35. The molecule has 1 heterocycles. The minimum Gasteiger partial charge on any atom is -0.484 e. The van der Waals surface area contributed by atoms with Crippen molar-refractivity contribution < 1.29 is 9.13 Å². The summed E-state index contributed by atoms with van der Waals surface area (Å²) in [5, 5.41) is 8.87. The van der Waals surface area contributed by atoms with Gasteiger partial charge in [-0.05, 0) is 19.1 Å². The summed E-state index contributed by atoms with van der Waals surface area (Å²) in [5.41, 5.74) is -0.0768. The van der Waals surface area contributed by atoms with Crippen LogP contribution in [0.2, 0.25) is 0 Å². The van der Waals surface area contributed by atoms with Gasteiger partial charge in [-0.25, -0.2) is 9.37 Å². The first kappa shape index (κ1) is 12.1. The summed E-state index contributed by atoms with van der Waals surface area (Å²) in [6, 6.07) is 6.11. The second-order valence-electron chi connectivity index (χ2n) is 3.64. The van der Waals surface area contributed by atoms with Crippen molar-refractivity contribution in [3.63, 3.8) is 0 Å². The summed E-state index contributed by atoms with van der Waals surface area (Å²) >= 11 is 0. The molecule has 0 atom stereocenters. The second-order valence-corrected chi connectivity index (χ2v) is 3.64. The maximum atomic E-state index is 13.3. The van der Waals surface area contributed by atoms with Crippen LogP contribution < -0.4 is 4.74 Å². The van der Waals surface area contributed by atoms with Gasteiger partial charge in [-0.15, -0.1) is 0 Å². The van der Waals surface area contributed by atoms with Crippen LogP contribution in [0.1, 0.15) is 18.3 Å². The largest absolute Gasteiger partial charge is 0.484 e. The highest BCUT2D eigenvalue weighted by atomic mass is 19.1. The first-order valence-corrected chi connectivity index (χ1v) is 5.57. The van der Waals surface area contributed by atoms with Crippen molar-refractivity contribution in [2.45, 2.75) is 20.1 Å². The van der Waals surface area contributed by atoms with Gasteiger partial charge in [-0.3, -0.25) is 0 Å². The van der Waals surface area contributed by atoms with Gasteiger partial charge in [0.15, 0.2) is 0 Å². The minimum atomic E-state index is -0.575. The molecule has 0 N–H and O–H groups in total. The van der Waals surface area contributed by atoms with E-state index in [4.69, 9.17) is 10.00 Å². The van der Waals surface area contributed by atoms with Gasteiger partial charge < -0.3 is 9.30 Å². The summed E-state index contributed by atoms with van der Waals surface area (Å²) in [6.45, 7) is 2.99. The van der Waals surface area contributed by atoms with Crippen molar-refractivity contribution in [3.05, 3.63) is 47.8 Å². The molecule has 0 aliphatic rings. The van der Waals surface area contributed by atoms with E-state index in [9.17, 15) is 4.39 Å². The van der Waals surface area contributed by atoms with Crippen molar-refractivity contribution in [3.8, 4) is 11.8 Å². The number of aryl methyl sites for hydroxylation is 1. The molecule has 4 nitrogen and oxygen atoms in total. The lowest BCUT2D eigenvalue weighted by molar-refractivity contribution is 0.287. The van der Waals surface area contributed by atoms with Crippen molar-refractivity contribution in [2.24, 2.45) is 0 Å². The molecule has 92 valence electrons. The van der Waals surface area contributed by atoms with Crippen molar-refractivity contribution in [2.75, 3.05) is 0 Å². The molecule has 0 saturated carbocycles. The number of aromatic nitrogens is 2. The average Bonchev–Trinajstić information content (AvgIpc) is 2.83. The van der Waals surface area contributed by atoms with Crippen LogP contribution in [0.15, 0.2) is 30.6 Å². The summed E-state index contributed by atoms with van der Waals surface area (Å²) in [4.78, 5) is 4.14. The molecular formula is C13H12FN3O. The summed E-state index contributed by atoms with van der Waals surface area (Å²) in [7, 11) is 0. The van der Waals surface area contributed by atoms with Crippen molar-refractivity contribution >= 4 is 0 Å². The van der Waals surface area contributed by atoms with Crippen LogP contribution >= 0.6 is 0 Å². The standard InChI is InChI=1S/C13H12FN3O/c1-2-17-7-6-16-13(17)9-18-12-5-3-4-11(14)10(12)8-15/h3-7H,2,9H2,1H3. The zero-order valence-corrected chi connectivity index (χ0v) is 9.93. The highest BCUT2D eigenvalue weighted by molar-refractivity contribution is 5.43. The molecule has 0 saturated heterocycles. The van der Waals surface area contributed by atoms with E-state index in [1.807, 2.05) is 17.7 Å². The van der Waals surface area contributed by atoms with E-state index in [-0.39, 0.29) is 17.9 Å². The fourth-order valence-electron chi connectivity index (χ4n) is 1.64. The van der Waals surface area contributed by atoms with Crippen LogP contribution in [-0.2, 0) is 13.2 Å². The number of benzene rings is 1. The molecule has 0 fully saturated rings. The average molecular weight is 245 g/mol. The van der Waals surface area contributed by atoms with Crippen LogP contribution in [0.4, 0.5) is 4.39 Å². The number of hydrogen-bond acceptors (Lipinski definition) is 3. The molecule has 0 unspecified atom stereocenters. The van der Waals surface area contributed by atoms with Gasteiger partial charge in [0.05, 0.1) is 0 Å². The van der Waals surface area contributed by atoms with Crippen LogP contribution in [0, 0.1) is 17.1 Å². The lowest BCUT2D eigenvalue weighted by atomic mass is 10.2. The maximum absolute atomic E-state index is 13.3. The summed E-state index contributed by atoms with van der Waals surface area (Å²) < 4.78 is 20.7. The summed E-state index contributed by atoms with van der Waals surface area (Å²) in [5.74, 6) is 0.405. The Labute approximate surface area is 104 Å². The molecular weight excluding hydrogens is 233 g/mol. The number of halogens is 1. The van der Waals surface area contributed by atoms with E-state index in [0.717, 1.165) is 12.4 Å². The lowest BCUT2D eigenvalue weighted by Gasteiger charge is -2.09. The van der Waals surface area contributed by atoms with Gasteiger partial charge in [0.1, 0.15) is 35.6 Å². The number of hydrogen-bond donors (Lipinski definition) is 0. The zero-order chi connectivity index (χ0) is 13.0. The van der Waals surface area contributed by atoms with Crippen LogP contribution in [0.25, 0.3) is 0 Å². The quantitative estimate of drug-likeness (QED) is 0.831. The van der Waals surface area contributed by atoms with Gasteiger partial charge >= 0.3 is 0 Å². The third kappa shape index (κ3) is 2.33. The normalized spacial score (nSPS) is 10.1. The van der Waals surface area contributed by atoms with E-state index < -0.39 is 5.82 Å². The molecule has 2 aromatic rings. The molecule has 1 aromatic carbocycles. The Balaban J connectivity index is 2.16. The molecule has 0 bridgehead atoms. The van der Waals surface area contributed by atoms with Gasteiger partial charge in [-0.1, -0.05) is 6.07 Å². The molecule has 0 radical (unpaired) electrons. The number of imidazole rings is 1. The lowest BCUT2D eigenvalue weighted by Crippen LogP contribution is -2.06. The predicted octanol–water partition coefficient (Wildman–Crippen LogP) is 2.49. The van der Waals surface area contributed by atoms with Gasteiger partial charge in [-0.2, -0.15) is 5.26 Å². The van der Waals surface area contributed by atoms with E-state index >= 15 is 0 Å². The molecule has 5 heteroatoms. The Kier molecular flexibility index (Phi) is 3.58. The SMILES string of the molecule is CCn1ccnc1COc1cccc(F)c1C#N. The number of nitrogens with zero attached hydrogens (tertiary/aromatic N) is 3. The van der Waals surface area contributed by atoms with E-state index in [1.165, 1.54) is 12.1 Å². The van der Waals surface area contributed by atoms with Gasteiger partial charge in [0.2, 0.25) is 0 Å². The maximum Gasteiger partial charge on any atom is 0.146 e. The second kappa shape index (κ2) is 5.32. The molecule has 1 aromatic heterocycles. The number of nitriles is 1. The minimum absolute atomic E-state index is 0.0768. The Morgan fingerprint density at radius 1 is 1.50 bits per heavy atom. The van der Waals surface area contributed by atoms with Crippen LogP contribution in [0.3, 0.4) is 0 Å². The fraction of sp³-hybridized carbons (Fsp3) is 0.231. The zero-order valence-electron chi connectivity index (χ0n) is 9.93. The van der Waals surface area contributed by atoms with Crippen molar-refractivity contribution in [1.29, 1.82) is 5.26 Å². The highest BCUT2D eigenvalue weighted by Crippen LogP contribution is 2.21. The van der Waals surface area contributed by atoms with Crippen LogP contribution in [0.5, 0.6) is 5.75 Å². The molecule has 0 aliphatic carbocycles. The fourth-order valence-corrected chi connectivity index (χ4v) is 1.64. The van der Waals surface area contributed by atoms with E-state index in [2.05, 4.69) is 4.98 Å². The predicted molar refractivity (Wildman–Crippen MR) is 63.3 cm³/mol. The molecule has 0 spiro atoms. The molecule has 18 heavy (non-hydrogen) atoms. The molecule has 0 aliphatic heterocycles. The molecule has 0 amide bonds. The topological polar surface area (TPSA) is 50.8 Å². The van der Waals surface area contributed by atoms with E-state index in [0.29, 0.717) is 0 Å². The number of rotatable bonds is 4. The van der Waals surface area contributed by atoms with Gasteiger partial charge in [0.25, 0.3) is 0 Å². The van der Waals surface area contributed by atoms with Crippen molar-refractivity contribution in [1.82, 2.24) is 9.55 Å².